The molecule has 5 rings (SSSR count). The summed E-state index contributed by atoms with van der Waals surface area (Å²) in [7, 11) is -3.12. The summed E-state index contributed by atoms with van der Waals surface area (Å²) in [6, 6.07) is 14.0. The predicted molar refractivity (Wildman–Crippen MR) is 120 cm³/mol. The third kappa shape index (κ3) is 4.18. The van der Waals surface area contributed by atoms with Crippen LogP contribution < -0.4 is 4.74 Å². The second-order valence-electron chi connectivity index (χ2n) is 8.39. The molecule has 2 aliphatic rings. The molecule has 0 radical (unpaired) electrons. The molecule has 7 heteroatoms. The topological polar surface area (TPSA) is 79.7 Å². The summed E-state index contributed by atoms with van der Waals surface area (Å²) >= 11 is 0. The number of aliphatic hydroxyl groups excluding tert-OH is 1. The predicted octanol–water partition coefficient (Wildman–Crippen LogP) is 3.73. The summed E-state index contributed by atoms with van der Waals surface area (Å²) < 4.78 is 33.0. The number of ether oxygens (including phenoxy) is 1. The van der Waals surface area contributed by atoms with E-state index in [-0.39, 0.29) is 18.0 Å². The minimum Gasteiger partial charge on any atom is -0.490 e. The van der Waals surface area contributed by atoms with Crippen LogP contribution >= 0.6 is 0 Å². The highest BCUT2D eigenvalue weighted by molar-refractivity contribution is 7.90. The Morgan fingerprint density at radius 3 is 2.42 bits per heavy atom. The van der Waals surface area contributed by atoms with Crippen molar-refractivity contribution in [3.8, 4) is 16.9 Å². The summed E-state index contributed by atoms with van der Waals surface area (Å²) in [6.07, 6.45) is 6.52. The van der Waals surface area contributed by atoms with Crippen molar-refractivity contribution in [2.24, 2.45) is 0 Å². The fourth-order valence-electron chi connectivity index (χ4n) is 4.19. The first-order valence-electron chi connectivity index (χ1n) is 10.8. The molecule has 0 atom stereocenters. The van der Waals surface area contributed by atoms with Crippen LogP contribution in [0.2, 0.25) is 0 Å². The Bertz CT molecular complexity index is 1180. The zero-order chi connectivity index (χ0) is 21.4. The molecule has 0 bridgehead atoms. The maximum absolute atomic E-state index is 12.5. The molecule has 1 saturated heterocycles. The van der Waals surface area contributed by atoms with E-state index in [4.69, 9.17) is 4.74 Å². The van der Waals surface area contributed by atoms with Crippen LogP contribution in [0.4, 0.5) is 0 Å². The van der Waals surface area contributed by atoms with Crippen molar-refractivity contribution in [1.82, 2.24) is 9.29 Å². The third-order valence-electron chi connectivity index (χ3n) is 6.19. The van der Waals surface area contributed by atoms with E-state index < -0.39 is 10.0 Å². The maximum atomic E-state index is 12.5. The smallest absolute Gasteiger partial charge is 0.216 e. The van der Waals surface area contributed by atoms with Gasteiger partial charge in [-0.2, -0.15) is 0 Å². The van der Waals surface area contributed by atoms with Crippen molar-refractivity contribution in [1.29, 1.82) is 0 Å². The lowest BCUT2D eigenvalue weighted by atomic mass is 10.00. The van der Waals surface area contributed by atoms with E-state index in [9.17, 15) is 13.5 Å². The first kappa shape index (κ1) is 20.4. The molecular formula is C24H26N2O4S. The van der Waals surface area contributed by atoms with E-state index in [0.717, 1.165) is 46.1 Å². The summed E-state index contributed by atoms with van der Waals surface area (Å²) in [5.74, 6) is 0.773. The van der Waals surface area contributed by atoms with Crippen LogP contribution in [0.25, 0.3) is 21.9 Å². The standard InChI is InChI=1S/C24H26N2O4S/c27-16-17-1-3-18(4-2-17)20-13-19-7-10-25-15-23(19)24(14-20)30-21-8-11-26(12-9-21)31(28,29)22-5-6-22/h1-4,7,10,13-15,21-22,27H,5-6,8-9,11-12,16H2. The normalized spacial score (nSPS) is 18.4. The number of rotatable bonds is 6. The Morgan fingerprint density at radius 1 is 1.00 bits per heavy atom. The van der Waals surface area contributed by atoms with Gasteiger partial charge in [-0.05, 0) is 66.0 Å². The Balaban J connectivity index is 1.39. The largest absolute Gasteiger partial charge is 0.490 e. The van der Waals surface area contributed by atoms with E-state index >= 15 is 0 Å². The number of hydrogen-bond acceptors (Lipinski definition) is 5. The Hall–Kier alpha value is -2.48. The number of hydrogen-bond donors (Lipinski definition) is 1. The Kier molecular flexibility index (Phi) is 5.42. The van der Waals surface area contributed by atoms with Gasteiger partial charge in [-0.25, -0.2) is 12.7 Å². The lowest BCUT2D eigenvalue weighted by Crippen LogP contribution is -2.43. The zero-order valence-electron chi connectivity index (χ0n) is 17.3. The summed E-state index contributed by atoms with van der Waals surface area (Å²) in [4.78, 5) is 4.27. The van der Waals surface area contributed by atoms with Gasteiger partial charge in [0.25, 0.3) is 0 Å². The van der Waals surface area contributed by atoms with Crippen molar-refractivity contribution in [2.75, 3.05) is 13.1 Å². The molecule has 2 fully saturated rings. The molecule has 0 spiro atoms. The molecule has 1 aromatic heterocycles. The molecule has 31 heavy (non-hydrogen) atoms. The molecule has 1 aliphatic carbocycles. The summed E-state index contributed by atoms with van der Waals surface area (Å²) in [5, 5.41) is 11.1. The molecule has 0 amide bonds. The van der Waals surface area contributed by atoms with Crippen molar-refractivity contribution in [3.05, 3.63) is 60.4 Å². The monoisotopic (exact) mass is 438 g/mol. The highest BCUT2D eigenvalue weighted by Gasteiger charge is 2.41. The Morgan fingerprint density at radius 2 is 1.74 bits per heavy atom. The van der Waals surface area contributed by atoms with E-state index in [1.54, 1.807) is 10.5 Å². The van der Waals surface area contributed by atoms with Gasteiger partial charge in [0, 0.05) is 30.9 Å². The van der Waals surface area contributed by atoms with Crippen LogP contribution in [0.1, 0.15) is 31.2 Å². The second kappa shape index (κ2) is 8.22. The van der Waals surface area contributed by atoms with Crippen LogP contribution in [0.3, 0.4) is 0 Å². The van der Waals surface area contributed by atoms with Gasteiger partial charge in [-0.1, -0.05) is 24.3 Å². The van der Waals surface area contributed by atoms with Crippen LogP contribution in [0.5, 0.6) is 5.75 Å². The van der Waals surface area contributed by atoms with Gasteiger partial charge < -0.3 is 9.84 Å². The molecule has 3 aromatic rings. The zero-order valence-corrected chi connectivity index (χ0v) is 18.1. The minimum atomic E-state index is -3.12. The minimum absolute atomic E-state index is 0.0210. The van der Waals surface area contributed by atoms with Gasteiger partial charge in [-0.3, -0.25) is 4.98 Å². The molecule has 6 nitrogen and oxygen atoms in total. The average molecular weight is 439 g/mol. The number of nitrogens with zero attached hydrogens (tertiary/aromatic N) is 2. The maximum Gasteiger partial charge on any atom is 0.216 e. The van der Waals surface area contributed by atoms with Gasteiger partial charge >= 0.3 is 0 Å². The third-order valence-corrected chi connectivity index (χ3v) is 8.59. The van der Waals surface area contributed by atoms with Crippen molar-refractivity contribution in [3.63, 3.8) is 0 Å². The number of aliphatic hydroxyl groups is 1. The summed E-state index contributed by atoms with van der Waals surface area (Å²) in [6.45, 7) is 1.05. The van der Waals surface area contributed by atoms with Gasteiger partial charge in [0.1, 0.15) is 11.9 Å². The van der Waals surface area contributed by atoms with Crippen molar-refractivity contribution in [2.45, 2.75) is 43.6 Å². The number of piperidine rings is 1. The SMILES string of the molecule is O=S(=O)(C1CC1)N1CCC(Oc2cc(-c3ccc(CO)cc3)cc3ccncc23)CC1. The second-order valence-corrected chi connectivity index (χ2v) is 10.6. The average Bonchev–Trinajstić information content (AvgIpc) is 3.66. The molecular weight excluding hydrogens is 412 g/mol. The van der Waals surface area contributed by atoms with Gasteiger partial charge in [0.05, 0.1) is 11.9 Å². The fraction of sp³-hybridized carbons (Fsp3) is 0.375. The van der Waals surface area contributed by atoms with Gasteiger partial charge in [-0.15, -0.1) is 0 Å². The van der Waals surface area contributed by atoms with Crippen molar-refractivity contribution < 1.29 is 18.3 Å². The van der Waals surface area contributed by atoms with Crippen LogP contribution in [-0.2, 0) is 16.6 Å². The van der Waals surface area contributed by atoms with Crippen LogP contribution in [-0.4, -0.2) is 47.3 Å². The number of fused-ring (bicyclic) bond motifs is 1. The van der Waals surface area contributed by atoms with E-state index in [0.29, 0.717) is 25.9 Å². The molecule has 1 N–H and O–H groups in total. The summed E-state index contributed by atoms with van der Waals surface area (Å²) in [5.41, 5.74) is 2.95. The highest BCUT2D eigenvalue weighted by Crippen LogP contribution is 2.35. The van der Waals surface area contributed by atoms with E-state index in [2.05, 4.69) is 11.1 Å². The quantitative estimate of drug-likeness (QED) is 0.634. The molecule has 2 heterocycles. The Labute approximate surface area is 182 Å². The van der Waals surface area contributed by atoms with Gasteiger partial charge in [0.2, 0.25) is 10.0 Å². The first-order valence-corrected chi connectivity index (χ1v) is 12.3. The molecule has 2 aromatic carbocycles. The molecule has 1 saturated carbocycles. The van der Waals surface area contributed by atoms with Crippen LogP contribution in [0.15, 0.2) is 54.9 Å². The van der Waals surface area contributed by atoms with Crippen molar-refractivity contribution >= 4 is 20.8 Å². The number of benzene rings is 2. The highest BCUT2D eigenvalue weighted by atomic mass is 32.2. The molecule has 1 aliphatic heterocycles. The first-order chi connectivity index (χ1) is 15.0. The lowest BCUT2D eigenvalue weighted by Gasteiger charge is -2.31. The number of sulfonamides is 1. The van der Waals surface area contributed by atoms with Crippen LogP contribution in [0, 0.1) is 0 Å². The van der Waals surface area contributed by atoms with E-state index in [1.165, 1.54) is 0 Å². The fourth-order valence-corrected chi connectivity index (χ4v) is 6.07. The lowest BCUT2D eigenvalue weighted by molar-refractivity contribution is 0.137. The van der Waals surface area contributed by atoms with Gasteiger partial charge in [0.15, 0.2) is 0 Å². The molecule has 162 valence electrons. The number of pyridine rings is 1. The molecule has 0 unspecified atom stereocenters. The van der Waals surface area contributed by atoms with E-state index in [1.807, 2.05) is 42.6 Å². The number of aromatic nitrogens is 1.